The standard InChI is InChI=1S/C17H20O3/c1-12(18)14-7-9-16(10-8-14)15-5-2-13(3-6-15)4-11-17(19)20/h2-6,11,14,16H,7-10H2,1H3,(H,19,20). The summed E-state index contributed by atoms with van der Waals surface area (Å²) in [6.07, 6.45) is 6.84. The molecule has 1 aromatic rings. The van der Waals surface area contributed by atoms with E-state index in [1.165, 1.54) is 5.56 Å². The number of Topliss-reactive ketones (excluding diaryl/α,β-unsaturated/α-hetero) is 1. The number of carboxylic acid groups (broad SMARTS) is 1. The maximum absolute atomic E-state index is 11.4. The molecular weight excluding hydrogens is 252 g/mol. The summed E-state index contributed by atoms with van der Waals surface area (Å²) in [5.74, 6) is 0.168. The fourth-order valence-corrected chi connectivity index (χ4v) is 2.88. The van der Waals surface area contributed by atoms with Gasteiger partial charge in [0.05, 0.1) is 0 Å². The van der Waals surface area contributed by atoms with Gasteiger partial charge in [0, 0.05) is 12.0 Å². The molecule has 1 saturated carbocycles. The molecule has 0 aromatic heterocycles. The number of benzene rings is 1. The summed E-state index contributed by atoms with van der Waals surface area (Å²) in [5.41, 5.74) is 2.19. The normalized spacial score (nSPS) is 22.9. The third-order valence-electron chi connectivity index (χ3n) is 4.13. The van der Waals surface area contributed by atoms with E-state index in [1.807, 2.05) is 12.1 Å². The van der Waals surface area contributed by atoms with Crippen LogP contribution in [-0.2, 0) is 9.59 Å². The molecule has 0 amide bonds. The van der Waals surface area contributed by atoms with Gasteiger partial charge in [-0.25, -0.2) is 4.79 Å². The van der Waals surface area contributed by atoms with E-state index in [1.54, 1.807) is 13.0 Å². The molecule has 1 aliphatic carbocycles. The van der Waals surface area contributed by atoms with Gasteiger partial charge in [0.1, 0.15) is 5.78 Å². The van der Waals surface area contributed by atoms with Crippen molar-refractivity contribution in [2.24, 2.45) is 5.92 Å². The van der Waals surface area contributed by atoms with Crippen molar-refractivity contribution >= 4 is 17.8 Å². The van der Waals surface area contributed by atoms with E-state index in [2.05, 4.69) is 12.1 Å². The van der Waals surface area contributed by atoms with Crippen LogP contribution < -0.4 is 0 Å². The van der Waals surface area contributed by atoms with E-state index >= 15 is 0 Å². The van der Waals surface area contributed by atoms with Gasteiger partial charge in [-0.2, -0.15) is 0 Å². The van der Waals surface area contributed by atoms with Gasteiger partial charge in [0.15, 0.2) is 0 Å². The molecule has 1 fully saturated rings. The van der Waals surface area contributed by atoms with Crippen LogP contribution in [0.3, 0.4) is 0 Å². The Hall–Kier alpha value is -1.90. The molecular formula is C17H20O3. The average Bonchev–Trinajstić information content (AvgIpc) is 2.46. The van der Waals surface area contributed by atoms with Gasteiger partial charge < -0.3 is 5.11 Å². The minimum Gasteiger partial charge on any atom is -0.478 e. The van der Waals surface area contributed by atoms with Crippen LogP contribution in [0.25, 0.3) is 6.08 Å². The average molecular weight is 272 g/mol. The Morgan fingerprint density at radius 2 is 1.70 bits per heavy atom. The molecule has 3 nitrogen and oxygen atoms in total. The predicted octanol–water partition coefficient (Wildman–Crippen LogP) is 3.65. The maximum Gasteiger partial charge on any atom is 0.328 e. The number of hydrogen-bond donors (Lipinski definition) is 1. The number of carbonyl (C=O) groups excluding carboxylic acids is 1. The Morgan fingerprint density at radius 3 is 2.20 bits per heavy atom. The second-order valence-corrected chi connectivity index (χ2v) is 5.50. The van der Waals surface area contributed by atoms with E-state index in [9.17, 15) is 9.59 Å². The van der Waals surface area contributed by atoms with Crippen molar-refractivity contribution in [3.8, 4) is 0 Å². The molecule has 0 spiro atoms. The van der Waals surface area contributed by atoms with E-state index < -0.39 is 5.97 Å². The maximum atomic E-state index is 11.4. The third kappa shape index (κ3) is 3.80. The molecule has 0 saturated heterocycles. The molecule has 106 valence electrons. The zero-order valence-corrected chi connectivity index (χ0v) is 11.7. The summed E-state index contributed by atoms with van der Waals surface area (Å²) in [6, 6.07) is 8.04. The molecule has 1 aliphatic rings. The van der Waals surface area contributed by atoms with Crippen molar-refractivity contribution in [3.63, 3.8) is 0 Å². The lowest BCUT2D eigenvalue weighted by atomic mass is 9.77. The summed E-state index contributed by atoms with van der Waals surface area (Å²) in [5, 5.41) is 8.59. The SMILES string of the molecule is CC(=O)C1CCC(c2ccc(C=CC(=O)O)cc2)CC1. The molecule has 0 unspecified atom stereocenters. The fourth-order valence-electron chi connectivity index (χ4n) is 2.88. The number of ketones is 1. The molecule has 1 aromatic carbocycles. The van der Waals surface area contributed by atoms with Crippen LogP contribution in [0.5, 0.6) is 0 Å². The highest BCUT2D eigenvalue weighted by Gasteiger charge is 2.24. The van der Waals surface area contributed by atoms with Crippen molar-refractivity contribution in [1.29, 1.82) is 0 Å². The fraction of sp³-hybridized carbons (Fsp3) is 0.412. The van der Waals surface area contributed by atoms with Crippen LogP contribution in [0, 0.1) is 5.92 Å². The lowest BCUT2D eigenvalue weighted by molar-refractivity contribution is -0.131. The Morgan fingerprint density at radius 1 is 1.10 bits per heavy atom. The van der Waals surface area contributed by atoms with Gasteiger partial charge in [-0.1, -0.05) is 24.3 Å². The number of aliphatic carboxylic acids is 1. The minimum atomic E-state index is -0.934. The quantitative estimate of drug-likeness (QED) is 0.851. The third-order valence-corrected chi connectivity index (χ3v) is 4.13. The van der Waals surface area contributed by atoms with Gasteiger partial charge in [-0.05, 0) is 55.7 Å². The first kappa shape index (κ1) is 14.5. The summed E-state index contributed by atoms with van der Waals surface area (Å²) < 4.78 is 0. The van der Waals surface area contributed by atoms with Gasteiger partial charge in [-0.3, -0.25) is 4.79 Å². The Bertz CT molecular complexity index is 506. The van der Waals surface area contributed by atoms with E-state index in [0.29, 0.717) is 11.7 Å². The van der Waals surface area contributed by atoms with Gasteiger partial charge in [-0.15, -0.1) is 0 Å². The number of hydrogen-bond acceptors (Lipinski definition) is 2. The molecule has 0 heterocycles. The molecule has 1 N–H and O–H groups in total. The van der Waals surface area contributed by atoms with E-state index in [4.69, 9.17) is 5.11 Å². The molecule has 0 bridgehead atoms. The van der Waals surface area contributed by atoms with E-state index in [-0.39, 0.29) is 5.92 Å². The summed E-state index contributed by atoms with van der Waals surface area (Å²) >= 11 is 0. The number of rotatable bonds is 4. The zero-order valence-electron chi connectivity index (χ0n) is 11.7. The lowest BCUT2D eigenvalue weighted by Gasteiger charge is -2.27. The first-order chi connectivity index (χ1) is 9.56. The van der Waals surface area contributed by atoms with Crippen LogP contribution in [0.15, 0.2) is 30.3 Å². The van der Waals surface area contributed by atoms with Gasteiger partial charge >= 0.3 is 5.97 Å². The van der Waals surface area contributed by atoms with Crippen LogP contribution in [-0.4, -0.2) is 16.9 Å². The molecule has 0 aliphatic heterocycles. The second kappa shape index (κ2) is 6.51. The smallest absolute Gasteiger partial charge is 0.328 e. The van der Waals surface area contributed by atoms with Crippen molar-refractivity contribution in [2.75, 3.05) is 0 Å². The largest absolute Gasteiger partial charge is 0.478 e. The van der Waals surface area contributed by atoms with Crippen molar-refractivity contribution in [1.82, 2.24) is 0 Å². The van der Waals surface area contributed by atoms with Crippen LogP contribution in [0.4, 0.5) is 0 Å². The summed E-state index contributed by atoms with van der Waals surface area (Å²) in [7, 11) is 0. The van der Waals surface area contributed by atoms with Gasteiger partial charge in [0.25, 0.3) is 0 Å². The molecule has 0 radical (unpaired) electrons. The molecule has 20 heavy (non-hydrogen) atoms. The van der Waals surface area contributed by atoms with Crippen molar-refractivity contribution in [2.45, 2.75) is 38.5 Å². The first-order valence-electron chi connectivity index (χ1n) is 7.07. The minimum absolute atomic E-state index is 0.254. The van der Waals surface area contributed by atoms with Gasteiger partial charge in [0.2, 0.25) is 0 Å². The van der Waals surface area contributed by atoms with Crippen LogP contribution in [0.2, 0.25) is 0 Å². The molecule has 0 atom stereocenters. The Balaban J connectivity index is 1.97. The number of carbonyl (C=O) groups is 2. The monoisotopic (exact) mass is 272 g/mol. The van der Waals surface area contributed by atoms with Crippen LogP contribution >= 0.6 is 0 Å². The van der Waals surface area contributed by atoms with E-state index in [0.717, 1.165) is 37.3 Å². The zero-order chi connectivity index (χ0) is 14.5. The molecule has 2 rings (SSSR count). The summed E-state index contributed by atoms with van der Waals surface area (Å²) in [4.78, 5) is 21.8. The first-order valence-corrected chi connectivity index (χ1v) is 7.07. The topological polar surface area (TPSA) is 54.4 Å². The summed E-state index contributed by atoms with van der Waals surface area (Å²) in [6.45, 7) is 1.69. The second-order valence-electron chi connectivity index (χ2n) is 5.50. The highest BCUT2D eigenvalue weighted by Crippen LogP contribution is 2.36. The van der Waals surface area contributed by atoms with Crippen molar-refractivity contribution in [3.05, 3.63) is 41.5 Å². The number of carboxylic acids is 1. The Labute approximate surface area is 119 Å². The highest BCUT2D eigenvalue weighted by molar-refractivity contribution is 5.85. The predicted molar refractivity (Wildman–Crippen MR) is 78.5 cm³/mol. The van der Waals surface area contributed by atoms with Crippen molar-refractivity contribution < 1.29 is 14.7 Å². The van der Waals surface area contributed by atoms with Crippen LogP contribution in [0.1, 0.15) is 49.7 Å². The Kier molecular flexibility index (Phi) is 4.72. The molecule has 3 heteroatoms. The highest BCUT2D eigenvalue weighted by atomic mass is 16.4. The lowest BCUT2D eigenvalue weighted by Crippen LogP contribution is -2.18.